The third kappa shape index (κ3) is 2.39. The Kier molecular flexibility index (Phi) is 3.41. The third-order valence-corrected chi connectivity index (χ3v) is 4.18. The van der Waals surface area contributed by atoms with Gasteiger partial charge in [0.1, 0.15) is 5.82 Å². The zero-order valence-electron chi connectivity index (χ0n) is 12.0. The van der Waals surface area contributed by atoms with Gasteiger partial charge in [0, 0.05) is 35.7 Å². The number of aryl methyl sites for hydroxylation is 1. The number of carboxylic acid groups (broad SMARTS) is 1. The molecule has 110 valence electrons. The van der Waals surface area contributed by atoms with Gasteiger partial charge in [-0.15, -0.1) is 0 Å². The lowest BCUT2D eigenvalue weighted by atomic mass is 9.97. The first-order valence-electron chi connectivity index (χ1n) is 7.19. The maximum absolute atomic E-state index is 11.2. The lowest BCUT2D eigenvalue weighted by molar-refractivity contribution is -0.141. The number of hydrogen-bond acceptors (Lipinski definition) is 4. The minimum atomic E-state index is -0.726. The van der Waals surface area contributed by atoms with Gasteiger partial charge in [-0.1, -0.05) is 12.1 Å². The molecule has 1 atom stereocenters. The van der Waals surface area contributed by atoms with E-state index in [1.54, 1.807) is 0 Å². The number of carboxylic acids is 1. The Morgan fingerprint density at radius 3 is 3.05 bits per heavy atom. The summed E-state index contributed by atoms with van der Waals surface area (Å²) in [6.07, 6.45) is 3.42. The minimum absolute atomic E-state index is 0.321. The Balaban J connectivity index is 2.07. The molecule has 1 aromatic heterocycles. The molecule has 0 bridgehead atoms. The van der Waals surface area contributed by atoms with E-state index in [9.17, 15) is 9.90 Å². The van der Waals surface area contributed by atoms with Crippen LogP contribution in [0.1, 0.15) is 18.4 Å². The first-order valence-corrected chi connectivity index (χ1v) is 7.19. The smallest absolute Gasteiger partial charge is 0.308 e. The van der Waals surface area contributed by atoms with Crippen molar-refractivity contribution >= 4 is 28.2 Å². The van der Waals surface area contributed by atoms with Crippen molar-refractivity contribution in [2.24, 2.45) is 5.92 Å². The number of hydrogen-bond donors (Lipinski definition) is 2. The summed E-state index contributed by atoms with van der Waals surface area (Å²) in [5.74, 6) is -0.206. The highest BCUT2D eigenvalue weighted by molar-refractivity contribution is 6.01. The van der Waals surface area contributed by atoms with Crippen LogP contribution < -0.4 is 10.6 Å². The summed E-state index contributed by atoms with van der Waals surface area (Å²) in [6, 6.07) is 5.81. The number of piperidine rings is 1. The Hall–Kier alpha value is -2.30. The van der Waals surface area contributed by atoms with Crippen molar-refractivity contribution < 1.29 is 9.90 Å². The molecule has 1 fully saturated rings. The van der Waals surface area contributed by atoms with Crippen LogP contribution in [0.4, 0.5) is 11.5 Å². The van der Waals surface area contributed by atoms with Gasteiger partial charge >= 0.3 is 5.97 Å². The van der Waals surface area contributed by atoms with E-state index >= 15 is 0 Å². The quantitative estimate of drug-likeness (QED) is 0.828. The number of nitrogen functional groups attached to an aromatic ring is 1. The van der Waals surface area contributed by atoms with Gasteiger partial charge in [-0.3, -0.25) is 4.79 Å². The molecular weight excluding hydrogens is 266 g/mol. The van der Waals surface area contributed by atoms with E-state index < -0.39 is 5.97 Å². The monoisotopic (exact) mass is 285 g/mol. The van der Waals surface area contributed by atoms with E-state index in [1.807, 2.05) is 31.3 Å². The summed E-state index contributed by atoms with van der Waals surface area (Å²) in [5, 5.41) is 11.3. The molecule has 21 heavy (non-hydrogen) atoms. The van der Waals surface area contributed by atoms with Gasteiger partial charge < -0.3 is 15.7 Å². The van der Waals surface area contributed by atoms with E-state index in [1.165, 1.54) is 0 Å². The zero-order chi connectivity index (χ0) is 15.0. The van der Waals surface area contributed by atoms with E-state index in [0.29, 0.717) is 6.54 Å². The SMILES string of the molecule is Cc1cnc(N2CCCC(C(=O)O)C2)c2cccc(N)c12. The van der Waals surface area contributed by atoms with Crippen LogP contribution in [0.15, 0.2) is 24.4 Å². The molecule has 0 amide bonds. The third-order valence-electron chi connectivity index (χ3n) is 4.18. The average Bonchev–Trinajstić information content (AvgIpc) is 2.48. The first-order chi connectivity index (χ1) is 10.1. The Morgan fingerprint density at radius 2 is 2.29 bits per heavy atom. The molecule has 3 rings (SSSR count). The van der Waals surface area contributed by atoms with Crippen molar-refractivity contribution in [3.63, 3.8) is 0 Å². The second kappa shape index (κ2) is 5.24. The molecule has 1 saturated heterocycles. The normalized spacial score (nSPS) is 18.9. The van der Waals surface area contributed by atoms with E-state index in [4.69, 9.17) is 5.73 Å². The molecule has 5 nitrogen and oxygen atoms in total. The number of aliphatic carboxylic acids is 1. The molecule has 0 saturated carbocycles. The fourth-order valence-electron chi connectivity index (χ4n) is 3.11. The predicted molar refractivity (Wildman–Crippen MR) is 83.5 cm³/mol. The minimum Gasteiger partial charge on any atom is -0.481 e. The van der Waals surface area contributed by atoms with Crippen LogP contribution in [0.2, 0.25) is 0 Å². The molecule has 0 aliphatic carbocycles. The van der Waals surface area contributed by atoms with Crippen LogP contribution >= 0.6 is 0 Å². The van der Waals surface area contributed by atoms with Crippen LogP contribution in [0.25, 0.3) is 10.8 Å². The number of anilines is 2. The molecule has 1 aliphatic rings. The van der Waals surface area contributed by atoms with Gasteiger partial charge in [0.2, 0.25) is 0 Å². The summed E-state index contributed by atoms with van der Waals surface area (Å²) in [6.45, 7) is 3.34. The highest BCUT2D eigenvalue weighted by Gasteiger charge is 2.27. The summed E-state index contributed by atoms with van der Waals surface area (Å²) >= 11 is 0. The summed E-state index contributed by atoms with van der Waals surface area (Å²) in [4.78, 5) is 17.9. The van der Waals surface area contributed by atoms with Crippen LogP contribution in [0.5, 0.6) is 0 Å². The summed E-state index contributed by atoms with van der Waals surface area (Å²) in [5.41, 5.74) is 7.87. The number of benzene rings is 1. The topological polar surface area (TPSA) is 79.5 Å². The van der Waals surface area contributed by atoms with Crippen molar-refractivity contribution in [3.8, 4) is 0 Å². The number of nitrogens with zero attached hydrogens (tertiary/aromatic N) is 2. The number of rotatable bonds is 2. The van der Waals surface area contributed by atoms with Crippen LogP contribution in [0, 0.1) is 12.8 Å². The van der Waals surface area contributed by atoms with Crippen molar-refractivity contribution in [1.29, 1.82) is 0 Å². The molecule has 1 unspecified atom stereocenters. The van der Waals surface area contributed by atoms with Gasteiger partial charge in [-0.25, -0.2) is 4.98 Å². The molecule has 1 aliphatic heterocycles. The number of aromatic nitrogens is 1. The van der Waals surface area contributed by atoms with Crippen LogP contribution in [0.3, 0.4) is 0 Å². The molecule has 0 spiro atoms. The van der Waals surface area contributed by atoms with Crippen molar-refractivity contribution in [2.75, 3.05) is 23.7 Å². The highest BCUT2D eigenvalue weighted by Crippen LogP contribution is 2.32. The lowest BCUT2D eigenvalue weighted by Crippen LogP contribution is -2.39. The molecular formula is C16H19N3O2. The predicted octanol–water partition coefficient (Wildman–Crippen LogP) is 2.43. The molecule has 0 radical (unpaired) electrons. The van der Waals surface area contributed by atoms with E-state index in [-0.39, 0.29) is 5.92 Å². The standard InChI is InChI=1S/C16H19N3O2/c1-10-8-18-15(12-5-2-6-13(17)14(10)12)19-7-3-4-11(9-19)16(20)21/h2,5-6,8,11H,3-4,7,9,17H2,1H3,(H,20,21). The number of nitrogens with two attached hydrogens (primary N) is 1. The molecule has 5 heteroatoms. The largest absolute Gasteiger partial charge is 0.481 e. The number of carbonyl (C=O) groups is 1. The second-order valence-electron chi connectivity index (χ2n) is 5.66. The van der Waals surface area contributed by atoms with Gasteiger partial charge in [-0.05, 0) is 31.4 Å². The maximum Gasteiger partial charge on any atom is 0.308 e. The van der Waals surface area contributed by atoms with Crippen molar-refractivity contribution in [1.82, 2.24) is 4.98 Å². The van der Waals surface area contributed by atoms with Gasteiger partial charge in [0.15, 0.2) is 0 Å². The first kappa shape index (κ1) is 13.7. The second-order valence-corrected chi connectivity index (χ2v) is 5.66. The van der Waals surface area contributed by atoms with Crippen LogP contribution in [-0.2, 0) is 4.79 Å². The molecule has 1 aromatic carbocycles. The zero-order valence-corrected chi connectivity index (χ0v) is 12.0. The fourth-order valence-corrected chi connectivity index (χ4v) is 3.11. The van der Waals surface area contributed by atoms with Crippen molar-refractivity contribution in [2.45, 2.75) is 19.8 Å². The number of fused-ring (bicyclic) bond motifs is 1. The van der Waals surface area contributed by atoms with Gasteiger partial charge in [-0.2, -0.15) is 0 Å². The van der Waals surface area contributed by atoms with Crippen LogP contribution in [-0.4, -0.2) is 29.1 Å². The molecule has 2 aromatic rings. The Bertz CT molecular complexity index is 691. The highest BCUT2D eigenvalue weighted by atomic mass is 16.4. The number of pyridine rings is 1. The molecule has 2 heterocycles. The van der Waals surface area contributed by atoms with E-state index in [2.05, 4.69) is 9.88 Å². The van der Waals surface area contributed by atoms with Gasteiger partial charge in [0.25, 0.3) is 0 Å². The Morgan fingerprint density at radius 1 is 1.48 bits per heavy atom. The molecule has 3 N–H and O–H groups in total. The lowest BCUT2D eigenvalue weighted by Gasteiger charge is -2.32. The van der Waals surface area contributed by atoms with Crippen molar-refractivity contribution in [3.05, 3.63) is 30.0 Å². The Labute approximate surface area is 123 Å². The van der Waals surface area contributed by atoms with E-state index in [0.717, 1.165) is 47.2 Å². The average molecular weight is 285 g/mol. The fraction of sp³-hybridized carbons (Fsp3) is 0.375. The summed E-state index contributed by atoms with van der Waals surface area (Å²) < 4.78 is 0. The maximum atomic E-state index is 11.2. The van der Waals surface area contributed by atoms with Gasteiger partial charge in [0.05, 0.1) is 5.92 Å². The summed E-state index contributed by atoms with van der Waals surface area (Å²) in [7, 11) is 0.